The maximum absolute atomic E-state index is 12.7. The number of nitrogens with one attached hydrogen (secondary N) is 2. The van der Waals surface area contributed by atoms with Gasteiger partial charge in [-0.05, 0) is 30.3 Å². The van der Waals surface area contributed by atoms with E-state index in [-0.39, 0.29) is 24.9 Å². The number of para-hydroxylation sites is 2. The van der Waals surface area contributed by atoms with Gasteiger partial charge in [-0.15, -0.1) is 0 Å². The number of aromatic nitrogens is 2. The number of allylic oxidation sites excluding steroid dienone is 1. The third kappa shape index (κ3) is 3.61. The Morgan fingerprint density at radius 1 is 1.27 bits per heavy atom. The summed E-state index contributed by atoms with van der Waals surface area (Å²) in [7, 11) is 0. The van der Waals surface area contributed by atoms with Gasteiger partial charge >= 0.3 is 5.97 Å². The zero-order valence-corrected chi connectivity index (χ0v) is 15.6. The molecule has 0 bridgehead atoms. The summed E-state index contributed by atoms with van der Waals surface area (Å²) in [5.41, 5.74) is 1.15. The molecule has 3 aromatic rings. The number of ketones is 1. The average Bonchev–Trinajstić information content (AvgIpc) is 3.28. The van der Waals surface area contributed by atoms with E-state index in [2.05, 4.69) is 15.3 Å². The van der Waals surface area contributed by atoms with Crippen LogP contribution in [0.2, 0.25) is 0 Å². The molecular weight excluding hydrogens is 390 g/mol. The summed E-state index contributed by atoms with van der Waals surface area (Å²) in [6.45, 7) is -0.123. The number of benzene rings is 1. The largest absolute Gasteiger partial charge is 0.489 e. The summed E-state index contributed by atoms with van der Waals surface area (Å²) in [5.74, 6) is -2.14. The highest BCUT2D eigenvalue weighted by Crippen LogP contribution is 2.32. The Kier molecular flexibility index (Phi) is 5.19. The Labute approximate surface area is 170 Å². The van der Waals surface area contributed by atoms with Crippen LogP contribution in [0.4, 0.5) is 5.69 Å². The minimum Gasteiger partial charge on any atom is -0.489 e. The van der Waals surface area contributed by atoms with Gasteiger partial charge in [0.2, 0.25) is 11.7 Å². The number of carbonyl (C=O) groups is 2. The molecule has 0 fully saturated rings. The van der Waals surface area contributed by atoms with Crippen molar-refractivity contribution >= 4 is 34.5 Å². The number of Topliss-reactive ketones (excluding diaryl/α,β-unsaturated/α-hetero) is 1. The number of aliphatic carboxylic acids is 1. The normalized spacial score (nSPS) is 15.0. The van der Waals surface area contributed by atoms with Gasteiger partial charge in [0.1, 0.15) is 18.0 Å². The van der Waals surface area contributed by atoms with Crippen LogP contribution in [0.1, 0.15) is 5.56 Å². The molecule has 0 spiro atoms. The number of anilines is 1. The molecule has 1 aromatic carbocycles. The minimum atomic E-state index is -1.42. The maximum Gasteiger partial charge on any atom is 0.345 e. The van der Waals surface area contributed by atoms with E-state index in [1.165, 1.54) is 6.08 Å². The molecule has 0 aliphatic carbocycles. The second-order valence-corrected chi connectivity index (χ2v) is 6.29. The summed E-state index contributed by atoms with van der Waals surface area (Å²) in [6.07, 6.45) is 4.76. The lowest BCUT2D eigenvalue weighted by molar-refractivity contribution is -0.134. The smallest absolute Gasteiger partial charge is 0.345 e. The van der Waals surface area contributed by atoms with Crippen LogP contribution in [0.3, 0.4) is 0 Å². The molecule has 2 aromatic heterocycles. The van der Waals surface area contributed by atoms with Gasteiger partial charge in [0.15, 0.2) is 11.3 Å². The van der Waals surface area contributed by atoms with Crippen LogP contribution in [0.15, 0.2) is 66.0 Å². The highest BCUT2D eigenvalue weighted by molar-refractivity contribution is 6.26. The Morgan fingerprint density at radius 2 is 2.10 bits per heavy atom. The molecule has 1 aliphatic rings. The van der Waals surface area contributed by atoms with E-state index in [1.807, 2.05) is 6.07 Å². The van der Waals surface area contributed by atoms with Crippen LogP contribution < -0.4 is 10.1 Å². The molecule has 0 radical (unpaired) electrons. The Bertz CT molecular complexity index is 1190. The van der Waals surface area contributed by atoms with Crippen molar-refractivity contribution < 1.29 is 29.3 Å². The van der Waals surface area contributed by atoms with Crippen LogP contribution >= 0.6 is 0 Å². The lowest BCUT2D eigenvalue weighted by atomic mass is 10.1. The number of carbonyl (C=O) groups excluding carboxylic acids is 1. The number of rotatable bonds is 7. The summed E-state index contributed by atoms with van der Waals surface area (Å²) >= 11 is 0. The lowest BCUT2D eigenvalue weighted by Gasteiger charge is -2.13. The summed E-state index contributed by atoms with van der Waals surface area (Å²) in [5, 5.41) is 22.1. The lowest BCUT2D eigenvalue weighted by Crippen LogP contribution is -2.12. The van der Waals surface area contributed by atoms with Gasteiger partial charge in [0.25, 0.3) is 0 Å². The maximum atomic E-state index is 12.7. The molecule has 0 saturated heterocycles. The van der Waals surface area contributed by atoms with Crippen LogP contribution in [0.5, 0.6) is 5.75 Å². The Morgan fingerprint density at radius 3 is 2.90 bits per heavy atom. The number of aromatic amines is 1. The number of hydrogen-bond donors (Lipinski definition) is 4. The van der Waals surface area contributed by atoms with Gasteiger partial charge in [0.05, 0.1) is 12.3 Å². The summed E-state index contributed by atoms with van der Waals surface area (Å²) < 4.78 is 11.0. The van der Waals surface area contributed by atoms with Gasteiger partial charge in [-0.25, -0.2) is 9.78 Å². The molecule has 9 heteroatoms. The number of carboxylic acid groups (broad SMARTS) is 1. The molecule has 1 aliphatic heterocycles. The minimum absolute atomic E-state index is 0.0586. The molecule has 30 heavy (non-hydrogen) atoms. The van der Waals surface area contributed by atoms with E-state index >= 15 is 0 Å². The van der Waals surface area contributed by atoms with Gasteiger partial charge < -0.3 is 30.0 Å². The number of aliphatic hydroxyl groups is 1. The number of aliphatic hydroxyl groups excluding tert-OH is 1. The van der Waals surface area contributed by atoms with Crippen molar-refractivity contribution in [3.8, 4) is 5.75 Å². The molecule has 9 nitrogen and oxygen atoms in total. The van der Waals surface area contributed by atoms with Gasteiger partial charge in [0, 0.05) is 23.3 Å². The predicted molar refractivity (Wildman–Crippen MR) is 107 cm³/mol. The van der Waals surface area contributed by atoms with Crippen molar-refractivity contribution in [1.82, 2.24) is 9.97 Å². The first-order valence-electron chi connectivity index (χ1n) is 9.02. The van der Waals surface area contributed by atoms with Gasteiger partial charge in [-0.3, -0.25) is 4.79 Å². The van der Waals surface area contributed by atoms with E-state index in [0.717, 1.165) is 5.39 Å². The quantitative estimate of drug-likeness (QED) is 0.346. The molecule has 0 saturated carbocycles. The molecular formula is C21H17N3O6. The fourth-order valence-corrected chi connectivity index (χ4v) is 3.02. The van der Waals surface area contributed by atoms with Crippen molar-refractivity contribution in [2.24, 2.45) is 0 Å². The van der Waals surface area contributed by atoms with E-state index in [4.69, 9.17) is 14.6 Å². The molecule has 4 rings (SSSR count). The van der Waals surface area contributed by atoms with Crippen LogP contribution in [-0.4, -0.2) is 45.1 Å². The third-order valence-electron chi connectivity index (χ3n) is 4.36. The SMILES string of the molecule is O=C(O)C1=C(Nc2ccccc2OCCO)O/C(=C\c2c[nH]c3ncccc23)C1=O. The zero-order valence-electron chi connectivity index (χ0n) is 15.6. The van der Waals surface area contributed by atoms with Gasteiger partial charge in [-0.1, -0.05) is 12.1 Å². The first-order valence-corrected chi connectivity index (χ1v) is 9.02. The fourth-order valence-electron chi connectivity index (χ4n) is 3.02. The highest BCUT2D eigenvalue weighted by atomic mass is 16.5. The molecule has 0 amide bonds. The van der Waals surface area contributed by atoms with Crippen molar-refractivity contribution in [1.29, 1.82) is 0 Å². The van der Waals surface area contributed by atoms with Gasteiger partial charge in [-0.2, -0.15) is 0 Å². The Hall–Kier alpha value is -4.11. The van der Waals surface area contributed by atoms with Crippen LogP contribution in [-0.2, 0) is 14.3 Å². The summed E-state index contributed by atoms with van der Waals surface area (Å²) in [4.78, 5) is 31.6. The first-order chi connectivity index (χ1) is 14.6. The fraction of sp³-hybridized carbons (Fsp3) is 0.0952. The summed E-state index contributed by atoms with van der Waals surface area (Å²) in [6, 6.07) is 10.3. The average molecular weight is 407 g/mol. The number of H-pyrrole nitrogens is 1. The number of nitrogens with zero attached hydrogens (tertiary/aromatic N) is 1. The van der Waals surface area contributed by atoms with E-state index in [1.54, 1.807) is 42.7 Å². The van der Waals surface area contributed by atoms with E-state index in [0.29, 0.717) is 22.6 Å². The number of fused-ring (bicyclic) bond motifs is 1. The van der Waals surface area contributed by atoms with E-state index in [9.17, 15) is 14.7 Å². The Balaban J connectivity index is 1.67. The molecule has 0 atom stereocenters. The zero-order chi connectivity index (χ0) is 21.1. The second-order valence-electron chi connectivity index (χ2n) is 6.29. The van der Waals surface area contributed by atoms with Crippen LogP contribution in [0.25, 0.3) is 17.1 Å². The third-order valence-corrected chi connectivity index (χ3v) is 4.36. The molecule has 3 heterocycles. The van der Waals surface area contributed by atoms with Crippen molar-refractivity contribution in [3.63, 3.8) is 0 Å². The monoisotopic (exact) mass is 407 g/mol. The molecule has 0 unspecified atom stereocenters. The van der Waals surface area contributed by atoms with E-state index < -0.39 is 17.3 Å². The topological polar surface area (TPSA) is 134 Å². The molecule has 4 N–H and O–H groups in total. The number of carboxylic acids is 1. The predicted octanol–water partition coefficient (Wildman–Crippen LogP) is 2.28. The highest BCUT2D eigenvalue weighted by Gasteiger charge is 2.36. The molecule has 152 valence electrons. The number of ether oxygens (including phenoxy) is 2. The van der Waals surface area contributed by atoms with Crippen LogP contribution in [0, 0.1) is 0 Å². The van der Waals surface area contributed by atoms with Crippen molar-refractivity contribution in [2.45, 2.75) is 0 Å². The number of hydrogen-bond acceptors (Lipinski definition) is 7. The second kappa shape index (κ2) is 8.10. The van der Waals surface area contributed by atoms with Crippen molar-refractivity contribution in [2.75, 3.05) is 18.5 Å². The van der Waals surface area contributed by atoms with Crippen molar-refractivity contribution in [3.05, 3.63) is 71.6 Å². The standard InChI is InChI=1S/C21H17N3O6/c25-8-9-29-15-6-2-1-5-14(15)24-20-17(21(27)28)18(26)16(30-20)10-12-11-23-19-13(12)4-3-7-22-19/h1-7,10-11,24-25H,8-9H2,(H,22,23)(H,27,28)/b16-10-. The number of pyridine rings is 1. The first kappa shape index (κ1) is 19.2.